The molecule has 2 aromatic heterocycles. The number of aromatic nitrogens is 2. The molecule has 0 saturated carbocycles. The molecule has 1 N–H and O–H groups in total. The minimum atomic E-state index is 0.852. The second-order valence-corrected chi connectivity index (χ2v) is 5.51. The van der Waals surface area contributed by atoms with Crippen molar-refractivity contribution in [1.82, 2.24) is 9.97 Å². The van der Waals surface area contributed by atoms with Gasteiger partial charge in [-0.25, -0.2) is 0 Å². The van der Waals surface area contributed by atoms with Gasteiger partial charge in [-0.1, -0.05) is 48.0 Å². The van der Waals surface area contributed by atoms with Crippen LogP contribution in [0.15, 0.2) is 60.8 Å². The van der Waals surface area contributed by atoms with Crippen LogP contribution in [0.2, 0.25) is 0 Å². The number of aryl methyl sites for hydroxylation is 1. The van der Waals surface area contributed by atoms with Crippen LogP contribution in [0.25, 0.3) is 21.8 Å². The SMILES string of the molecule is Cc1ccc(Cc2nccc3c2[nH]c2ccccc23)cc1. The van der Waals surface area contributed by atoms with Crippen molar-refractivity contribution in [2.45, 2.75) is 13.3 Å². The normalized spacial score (nSPS) is 11.3. The first kappa shape index (κ1) is 12.2. The van der Waals surface area contributed by atoms with Crippen molar-refractivity contribution in [1.29, 1.82) is 0 Å². The molecule has 0 aliphatic rings. The Kier molecular flexibility index (Phi) is 2.74. The zero-order chi connectivity index (χ0) is 14.2. The van der Waals surface area contributed by atoms with Gasteiger partial charge in [-0.05, 0) is 24.6 Å². The molecule has 0 saturated heterocycles. The number of hydrogen-bond donors (Lipinski definition) is 1. The first-order valence-corrected chi connectivity index (χ1v) is 7.21. The number of nitrogens with one attached hydrogen (secondary N) is 1. The molecule has 0 radical (unpaired) electrons. The van der Waals surface area contributed by atoms with Gasteiger partial charge >= 0.3 is 0 Å². The van der Waals surface area contributed by atoms with Crippen molar-refractivity contribution in [3.8, 4) is 0 Å². The van der Waals surface area contributed by atoms with Gasteiger partial charge in [-0.15, -0.1) is 0 Å². The zero-order valence-electron chi connectivity index (χ0n) is 11.9. The van der Waals surface area contributed by atoms with E-state index in [0.29, 0.717) is 0 Å². The van der Waals surface area contributed by atoms with E-state index in [1.54, 1.807) is 0 Å². The van der Waals surface area contributed by atoms with Crippen molar-refractivity contribution < 1.29 is 0 Å². The molecule has 4 aromatic rings. The van der Waals surface area contributed by atoms with Crippen LogP contribution in [-0.2, 0) is 6.42 Å². The molecule has 102 valence electrons. The smallest absolute Gasteiger partial charge is 0.0688 e. The van der Waals surface area contributed by atoms with Crippen LogP contribution in [0, 0.1) is 6.92 Å². The second kappa shape index (κ2) is 4.74. The molecule has 0 atom stereocenters. The van der Waals surface area contributed by atoms with Crippen LogP contribution in [0.5, 0.6) is 0 Å². The van der Waals surface area contributed by atoms with E-state index < -0.39 is 0 Å². The molecule has 2 heteroatoms. The minimum absolute atomic E-state index is 0.852. The summed E-state index contributed by atoms with van der Waals surface area (Å²) in [5.74, 6) is 0. The summed E-state index contributed by atoms with van der Waals surface area (Å²) >= 11 is 0. The number of fused-ring (bicyclic) bond motifs is 3. The second-order valence-electron chi connectivity index (χ2n) is 5.51. The number of benzene rings is 2. The lowest BCUT2D eigenvalue weighted by molar-refractivity contribution is 1.09. The lowest BCUT2D eigenvalue weighted by Crippen LogP contribution is -1.93. The summed E-state index contributed by atoms with van der Waals surface area (Å²) < 4.78 is 0. The number of hydrogen-bond acceptors (Lipinski definition) is 1. The summed E-state index contributed by atoms with van der Waals surface area (Å²) in [6, 6.07) is 19.2. The van der Waals surface area contributed by atoms with E-state index in [4.69, 9.17) is 0 Å². The Morgan fingerprint density at radius 1 is 0.905 bits per heavy atom. The van der Waals surface area contributed by atoms with Gasteiger partial charge in [0.15, 0.2) is 0 Å². The third kappa shape index (κ3) is 2.09. The highest BCUT2D eigenvalue weighted by atomic mass is 14.8. The third-order valence-corrected chi connectivity index (χ3v) is 4.00. The van der Waals surface area contributed by atoms with Gasteiger partial charge in [-0.2, -0.15) is 0 Å². The van der Waals surface area contributed by atoms with E-state index >= 15 is 0 Å². The van der Waals surface area contributed by atoms with Crippen LogP contribution < -0.4 is 0 Å². The van der Waals surface area contributed by atoms with Crippen LogP contribution in [0.4, 0.5) is 0 Å². The number of nitrogens with zero attached hydrogens (tertiary/aromatic N) is 1. The lowest BCUT2D eigenvalue weighted by Gasteiger charge is -2.03. The first-order chi connectivity index (χ1) is 10.3. The summed E-state index contributed by atoms with van der Waals surface area (Å²) in [7, 11) is 0. The van der Waals surface area contributed by atoms with Gasteiger partial charge in [0.25, 0.3) is 0 Å². The van der Waals surface area contributed by atoms with Crippen LogP contribution in [-0.4, -0.2) is 9.97 Å². The Balaban J connectivity index is 1.86. The molecule has 2 aromatic carbocycles. The standard InChI is InChI=1S/C19H16N2/c1-13-6-8-14(9-7-13)12-18-19-16(10-11-20-18)15-4-2-3-5-17(15)21-19/h2-11,21H,12H2,1H3. The fraction of sp³-hybridized carbons (Fsp3) is 0.105. The Hall–Kier alpha value is -2.61. The highest BCUT2D eigenvalue weighted by Crippen LogP contribution is 2.27. The number of aromatic amines is 1. The van der Waals surface area contributed by atoms with Gasteiger partial charge in [0.05, 0.1) is 11.2 Å². The lowest BCUT2D eigenvalue weighted by atomic mass is 10.1. The van der Waals surface area contributed by atoms with Crippen molar-refractivity contribution in [2.75, 3.05) is 0 Å². The molecule has 0 unspecified atom stereocenters. The largest absolute Gasteiger partial charge is 0.353 e. The Bertz CT molecular complexity index is 917. The maximum absolute atomic E-state index is 4.59. The van der Waals surface area contributed by atoms with E-state index in [-0.39, 0.29) is 0 Å². The van der Waals surface area contributed by atoms with E-state index in [1.165, 1.54) is 27.4 Å². The average Bonchev–Trinajstić information content (AvgIpc) is 2.89. The maximum Gasteiger partial charge on any atom is 0.0688 e. The number of rotatable bonds is 2. The van der Waals surface area contributed by atoms with Crippen molar-refractivity contribution in [3.05, 3.63) is 77.6 Å². The van der Waals surface area contributed by atoms with Gasteiger partial charge in [0.2, 0.25) is 0 Å². The topological polar surface area (TPSA) is 28.7 Å². The quantitative estimate of drug-likeness (QED) is 0.567. The van der Waals surface area contributed by atoms with Gasteiger partial charge in [0, 0.05) is 28.9 Å². The van der Waals surface area contributed by atoms with Gasteiger partial charge in [0.1, 0.15) is 0 Å². The van der Waals surface area contributed by atoms with E-state index in [0.717, 1.165) is 17.6 Å². The van der Waals surface area contributed by atoms with Crippen LogP contribution in [0.3, 0.4) is 0 Å². The average molecular weight is 272 g/mol. The molecule has 0 fully saturated rings. The summed E-state index contributed by atoms with van der Waals surface area (Å²) in [5.41, 5.74) is 6.01. The van der Waals surface area contributed by atoms with E-state index in [1.807, 2.05) is 6.20 Å². The summed E-state index contributed by atoms with van der Waals surface area (Å²) in [6.45, 7) is 2.11. The molecular formula is C19H16N2. The number of para-hydroxylation sites is 1. The Morgan fingerprint density at radius 2 is 1.71 bits per heavy atom. The minimum Gasteiger partial charge on any atom is -0.353 e. The number of pyridine rings is 1. The molecule has 0 aliphatic carbocycles. The van der Waals surface area contributed by atoms with E-state index in [9.17, 15) is 0 Å². The Labute approximate surface area is 123 Å². The molecule has 21 heavy (non-hydrogen) atoms. The molecule has 0 bridgehead atoms. The van der Waals surface area contributed by atoms with Crippen LogP contribution in [0.1, 0.15) is 16.8 Å². The summed E-state index contributed by atoms with van der Waals surface area (Å²) in [6.07, 6.45) is 2.76. The van der Waals surface area contributed by atoms with Gasteiger partial charge < -0.3 is 4.98 Å². The monoisotopic (exact) mass is 272 g/mol. The molecule has 0 aliphatic heterocycles. The van der Waals surface area contributed by atoms with Crippen molar-refractivity contribution >= 4 is 21.8 Å². The fourth-order valence-corrected chi connectivity index (χ4v) is 2.86. The zero-order valence-corrected chi connectivity index (χ0v) is 11.9. The van der Waals surface area contributed by atoms with Gasteiger partial charge in [-0.3, -0.25) is 4.98 Å². The summed E-state index contributed by atoms with van der Waals surface area (Å²) in [4.78, 5) is 8.10. The Morgan fingerprint density at radius 3 is 2.57 bits per heavy atom. The predicted molar refractivity (Wildman–Crippen MR) is 87.6 cm³/mol. The van der Waals surface area contributed by atoms with E-state index in [2.05, 4.69) is 71.5 Å². The first-order valence-electron chi connectivity index (χ1n) is 7.21. The summed E-state index contributed by atoms with van der Waals surface area (Å²) in [5, 5.41) is 2.52. The number of H-pyrrole nitrogens is 1. The predicted octanol–water partition coefficient (Wildman–Crippen LogP) is 4.62. The van der Waals surface area contributed by atoms with Crippen molar-refractivity contribution in [2.24, 2.45) is 0 Å². The van der Waals surface area contributed by atoms with Crippen molar-refractivity contribution in [3.63, 3.8) is 0 Å². The fourth-order valence-electron chi connectivity index (χ4n) is 2.86. The maximum atomic E-state index is 4.59. The molecule has 2 nitrogen and oxygen atoms in total. The van der Waals surface area contributed by atoms with Crippen LogP contribution >= 0.6 is 0 Å². The molecule has 0 amide bonds. The molecule has 0 spiro atoms. The molecular weight excluding hydrogens is 256 g/mol. The molecule has 2 heterocycles. The highest BCUT2D eigenvalue weighted by molar-refractivity contribution is 6.07. The molecule has 4 rings (SSSR count). The third-order valence-electron chi connectivity index (χ3n) is 4.00. The highest BCUT2D eigenvalue weighted by Gasteiger charge is 2.09.